The Morgan fingerprint density at radius 3 is 2.38 bits per heavy atom. The lowest BCUT2D eigenvalue weighted by atomic mass is 10.1. The Morgan fingerprint density at radius 2 is 1.65 bits per heavy atom. The first kappa shape index (κ1) is 18.5. The third-order valence-corrected chi connectivity index (χ3v) is 4.97. The van der Waals surface area contributed by atoms with Crippen LogP contribution in [0.2, 0.25) is 0 Å². The highest BCUT2D eigenvalue weighted by Gasteiger charge is 2.19. The predicted octanol–water partition coefficient (Wildman–Crippen LogP) is 5.07. The van der Waals surface area contributed by atoms with Crippen LogP contribution in [0.5, 0.6) is 11.5 Å². The summed E-state index contributed by atoms with van der Waals surface area (Å²) in [6, 6.07) is 17.7. The number of likely N-dealkylation sites (N-methyl/N-ethyl adjacent to an activating group) is 1. The molecule has 2 aromatic carbocycles. The monoisotopic (exact) mass is 352 g/mol. The molecule has 26 heavy (non-hydrogen) atoms. The summed E-state index contributed by atoms with van der Waals surface area (Å²) in [4.78, 5) is 14.7. The van der Waals surface area contributed by atoms with Crippen LogP contribution in [0, 0.1) is 0 Å². The van der Waals surface area contributed by atoms with E-state index in [1.54, 1.807) is 0 Å². The topological polar surface area (TPSA) is 41.6 Å². The molecule has 0 aliphatic heterocycles. The maximum absolute atomic E-state index is 12.5. The van der Waals surface area contributed by atoms with Crippen molar-refractivity contribution in [3.05, 3.63) is 54.6 Å². The fourth-order valence-corrected chi connectivity index (χ4v) is 3.52. The van der Waals surface area contributed by atoms with E-state index in [0.29, 0.717) is 24.0 Å². The maximum atomic E-state index is 12.5. The van der Waals surface area contributed by atoms with E-state index < -0.39 is 0 Å². The zero-order chi connectivity index (χ0) is 18.2. The number of carbonyl (C=O) groups is 1. The van der Waals surface area contributed by atoms with Crippen LogP contribution in [0.3, 0.4) is 0 Å². The Kier molecular flexibility index (Phi) is 6.67. The molecule has 3 rings (SSSR count). The Labute approximate surface area is 156 Å². The number of anilines is 1. The molecule has 0 bridgehead atoms. The summed E-state index contributed by atoms with van der Waals surface area (Å²) in [7, 11) is 2.06. The average Bonchev–Trinajstić information content (AvgIpc) is 2.94. The number of amides is 1. The minimum absolute atomic E-state index is 0.000795. The van der Waals surface area contributed by atoms with Crippen molar-refractivity contribution in [1.82, 2.24) is 4.90 Å². The number of hydrogen-bond acceptors (Lipinski definition) is 3. The average molecular weight is 352 g/mol. The second-order valence-corrected chi connectivity index (χ2v) is 7.02. The molecule has 0 saturated heterocycles. The number of benzene rings is 2. The van der Waals surface area contributed by atoms with Crippen molar-refractivity contribution in [3.63, 3.8) is 0 Å². The minimum atomic E-state index is 0.000795. The van der Waals surface area contributed by atoms with Gasteiger partial charge in [-0.15, -0.1) is 0 Å². The number of para-hydroxylation sites is 3. The summed E-state index contributed by atoms with van der Waals surface area (Å²) in [5, 5.41) is 3.01. The quantitative estimate of drug-likeness (QED) is 0.738. The molecule has 0 unspecified atom stereocenters. The van der Waals surface area contributed by atoms with E-state index in [-0.39, 0.29) is 5.91 Å². The highest BCUT2D eigenvalue weighted by atomic mass is 16.5. The van der Waals surface area contributed by atoms with Crippen LogP contribution in [0.4, 0.5) is 5.69 Å². The zero-order valence-electron chi connectivity index (χ0n) is 15.5. The fourth-order valence-electron chi connectivity index (χ4n) is 3.52. The molecule has 1 fully saturated rings. The number of ether oxygens (including phenoxy) is 1. The Bertz CT molecular complexity index is 694. The summed E-state index contributed by atoms with van der Waals surface area (Å²) in [5.41, 5.74) is 0.704. The molecule has 0 spiro atoms. The SMILES string of the molecule is CN(CC(=O)Nc1ccccc1Oc1ccccc1)C1CCCCCC1. The number of nitrogens with one attached hydrogen (secondary N) is 1. The van der Waals surface area contributed by atoms with Gasteiger partial charge in [-0.05, 0) is 44.2 Å². The van der Waals surface area contributed by atoms with Crippen molar-refractivity contribution in [2.75, 3.05) is 18.9 Å². The van der Waals surface area contributed by atoms with E-state index in [2.05, 4.69) is 17.3 Å². The van der Waals surface area contributed by atoms with Gasteiger partial charge in [0.1, 0.15) is 5.75 Å². The minimum Gasteiger partial charge on any atom is -0.455 e. The molecular formula is C22H28N2O2. The predicted molar refractivity (Wildman–Crippen MR) is 106 cm³/mol. The molecule has 1 aliphatic carbocycles. The van der Waals surface area contributed by atoms with E-state index in [0.717, 1.165) is 5.75 Å². The standard InChI is InChI=1S/C22H28N2O2/c1-24(18-11-5-2-3-6-12-18)17-22(25)23-20-15-9-10-16-21(20)26-19-13-7-4-8-14-19/h4,7-10,13-16,18H,2-3,5-6,11-12,17H2,1H3,(H,23,25). The van der Waals surface area contributed by atoms with Crippen LogP contribution in [-0.4, -0.2) is 30.4 Å². The van der Waals surface area contributed by atoms with Crippen molar-refractivity contribution >= 4 is 11.6 Å². The molecule has 1 N–H and O–H groups in total. The third kappa shape index (κ3) is 5.33. The molecule has 0 radical (unpaired) electrons. The maximum Gasteiger partial charge on any atom is 0.238 e. The summed E-state index contributed by atoms with van der Waals surface area (Å²) in [6.45, 7) is 0.407. The molecule has 138 valence electrons. The van der Waals surface area contributed by atoms with Gasteiger partial charge in [0.05, 0.1) is 12.2 Å². The third-order valence-electron chi connectivity index (χ3n) is 4.97. The van der Waals surface area contributed by atoms with Crippen LogP contribution >= 0.6 is 0 Å². The van der Waals surface area contributed by atoms with Gasteiger partial charge < -0.3 is 10.1 Å². The summed E-state index contributed by atoms with van der Waals surface area (Å²) in [6.07, 6.45) is 7.56. The Hall–Kier alpha value is -2.33. The number of carbonyl (C=O) groups excluding carboxylic acids is 1. The van der Waals surface area contributed by atoms with Crippen molar-refractivity contribution < 1.29 is 9.53 Å². The van der Waals surface area contributed by atoms with Crippen molar-refractivity contribution in [3.8, 4) is 11.5 Å². The first-order chi connectivity index (χ1) is 12.7. The second kappa shape index (κ2) is 9.39. The molecule has 2 aromatic rings. The lowest BCUT2D eigenvalue weighted by Crippen LogP contribution is -2.37. The summed E-state index contributed by atoms with van der Waals surface area (Å²) < 4.78 is 5.92. The molecule has 0 aromatic heterocycles. The first-order valence-corrected chi connectivity index (χ1v) is 9.54. The van der Waals surface area contributed by atoms with E-state index in [4.69, 9.17) is 4.74 Å². The molecule has 0 atom stereocenters. The molecular weight excluding hydrogens is 324 g/mol. The normalized spacial score (nSPS) is 15.5. The van der Waals surface area contributed by atoms with E-state index in [9.17, 15) is 4.79 Å². The van der Waals surface area contributed by atoms with Gasteiger partial charge in [-0.1, -0.05) is 56.0 Å². The summed E-state index contributed by atoms with van der Waals surface area (Å²) >= 11 is 0. The van der Waals surface area contributed by atoms with Crippen molar-refractivity contribution in [2.24, 2.45) is 0 Å². The smallest absolute Gasteiger partial charge is 0.238 e. The Morgan fingerprint density at radius 1 is 1.00 bits per heavy atom. The molecule has 4 heteroatoms. The largest absolute Gasteiger partial charge is 0.455 e. The number of nitrogens with zero attached hydrogens (tertiary/aromatic N) is 1. The van der Waals surface area contributed by atoms with Crippen LogP contribution in [0.15, 0.2) is 54.6 Å². The second-order valence-electron chi connectivity index (χ2n) is 7.02. The molecule has 1 aliphatic rings. The van der Waals surface area contributed by atoms with Crippen LogP contribution in [-0.2, 0) is 4.79 Å². The van der Waals surface area contributed by atoms with Crippen molar-refractivity contribution in [1.29, 1.82) is 0 Å². The van der Waals surface area contributed by atoms with Gasteiger partial charge >= 0.3 is 0 Å². The molecule has 1 saturated carbocycles. The van der Waals surface area contributed by atoms with Gasteiger partial charge in [-0.25, -0.2) is 0 Å². The Balaban J connectivity index is 1.60. The lowest BCUT2D eigenvalue weighted by Gasteiger charge is -2.26. The highest BCUT2D eigenvalue weighted by Crippen LogP contribution is 2.29. The van der Waals surface area contributed by atoms with Gasteiger partial charge in [0.25, 0.3) is 0 Å². The van der Waals surface area contributed by atoms with Gasteiger partial charge in [-0.2, -0.15) is 0 Å². The summed E-state index contributed by atoms with van der Waals surface area (Å²) in [5.74, 6) is 1.41. The van der Waals surface area contributed by atoms with Gasteiger partial charge in [0.15, 0.2) is 5.75 Å². The molecule has 0 heterocycles. The van der Waals surface area contributed by atoms with Crippen molar-refractivity contribution in [2.45, 2.75) is 44.6 Å². The van der Waals surface area contributed by atoms with E-state index in [1.165, 1.54) is 38.5 Å². The number of rotatable bonds is 6. The van der Waals surface area contributed by atoms with E-state index in [1.807, 2.05) is 54.6 Å². The van der Waals surface area contributed by atoms with Crippen LogP contribution in [0.1, 0.15) is 38.5 Å². The van der Waals surface area contributed by atoms with Gasteiger partial charge in [0.2, 0.25) is 5.91 Å². The lowest BCUT2D eigenvalue weighted by molar-refractivity contribution is -0.117. The highest BCUT2D eigenvalue weighted by molar-refractivity contribution is 5.93. The fraction of sp³-hybridized carbons (Fsp3) is 0.409. The molecule has 1 amide bonds. The zero-order valence-corrected chi connectivity index (χ0v) is 15.5. The van der Waals surface area contributed by atoms with Gasteiger partial charge in [-0.3, -0.25) is 9.69 Å². The van der Waals surface area contributed by atoms with Crippen LogP contribution < -0.4 is 10.1 Å². The van der Waals surface area contributed by atoms with Crippen LogP contribution in [0.25, 0.3) is 0 Å². The van der Waals surface area contributed by atoms with E-state index >= 15 is 0 Å². The number of hydrogen-bond donors (Lipinski definition) is 1. The van der Waals surface area contributed by atoms with Gasteiger partial charge in [0, 0.05) is 6.04 Å². The molecule has 4 nitrogen and oxygen atoms in total. The first-order valence-electron chi connectivity index (χ1n) is 9.54.